The van der Waals surface area contributed by atoms with Gasteiger partial charge in [-0.15, -0.1) is 0 Å². The first-order chi connectivity index (χ1) is 9.31. The van der Waals surface area contributed by atoms with E-state index in [1.807, 2.05) is 0 Å². The van der Waals surface area contributed by atoms with Gasteiger partial charge >= 0.3 is 0 Å². The third kappa shape index (κ3) is 4.32. The number of benzene rings is 1. The quantitative estimate of drug-likeness (QED) is 0.842. The van der Waals surface area contributed by atoms with Gasteiger partial charge in [-0.1, -0.05) is 43.7 Å². The van der Waals surface area contributed by atoms with Gasteiger partial charge in [-0.05, 0) is 50.9 Å². The lowest BCUT2D eigenvalue weighted by Crippen LogP contribution is -2.38. The van der Waals surface area contributed by atoms with Crippen molar-refractivity contribution >= 4 is 0 Å². The van der Waals surface area contributed by atoms with Gasteiger partial charge in [0.25, 0.3) is 0 Å². The summed E-state index contributed by atoms with van der Waals surface area (Å²) in [7, 11) is 2.29. The first-order valence-corrected chi connectivity index (χ1v) is 7.77. The molecule has 19 heavy (non-hydrogen) atoms. The Labute approximate surface area is 118 Å². The third-order valence-corrected chi connectivity index (χ3v) is 4.22. The molecule has 1 heterocycles. The first kappa shape index (κ1) is 14.5. The van der Waals surface area contributed by atoms with E-state index in [1.165, 1.54) is 50.9 Å². The molecule has 0 bridgehead atoms. The van der Waals surface area contributed by atoms with E-state index in [0.29, 0.717) is 6.04 Å². The van der Waals surface area contributed by atoms with Crippen LogP contribution in [0.3, 0.4) is 0 Å². The summed E-state index contributed by atoms with van der Waals surface area (Å²) in [5, 5.41) is 3.52. The minimum atomic E-state index is 0.577. The van der Waals surface area contributed by atoms with Crippen molar-refractivity contribution in [3.63, 3.8) is 0 Å². The van der Waals surface area contributed by atoms with E-state index in [1.54, 1.807) is 0 Å². The van der Waals surface area contributed by atoms with Crippen LogP contribution in [-0.4, -0.2) is 31.6 Å². The zero-order chi connectivity index (χ0) is 13.5. The predicted octanol–water partition coefficient (Wildman–Crippen LogP) is 3.46. The average Bonchev–Trinajstić information content (AvgIpc) is 2.46. The second-order valence-corrected chi connectivity index (χ2v) is 5.87. The Hall–Kier alpha value is -0.860. The molecule has 1 saturated heterocycles. The normalized spacial score (nSPS) is 21.5. The van der Waals surface area contributed by atoms with Gasteiger partial charge in [0.1, 0.15) is 0 Å². The molecule has 1 fully saturated rings. The van der Waals surface area contributed by atoms with Crippen LogP contribution in [0.25, 0.3) is 0 Å². The van der Waals surface area contributed by atoms with Crippen LogP contribution in [0.1, 0.15) is 44.2 Å². The van der Waals surface area contributed by atoms with Gasteiger partial charge < -0.3 is 5.32 Å². The average molecular weight is 260 g/mol. The van der Waals surface area contributed by atoms with Crippen LogP contribution in [0.15, 0.2) is 30.3 Å². The van der Waals surface area contributed by atoms with Crippen molar-refractivity contribution in [2.45, 2.75) is 38.6 Å². The summed E-state index contributed by atoms with van der Waals surface area (Å²) in [4.78, 5) is 2.57. The maximum atomic E-state index is 3.52. The highest BCUT2D eigenvalue weighted by Crippen LogP contribution is 2.26. The van der Waals surface area contributed by atoms with E-state index < -0.39 is 0 Å². The van der Waals surface area contributed by atoms with Crippen molar-refractivity contribution in [1.82, 2.24) is 10.2 Å². The molecule has 1 aliphatic heterocycles. The van der Waals surface area contributed by atoms with Crippen LogP contribution in [-0.2, 0) is 0 Å². The summed E-state index contributed by atoms with van der Waals surface area (Å²) in [6.07, 6.45) is 5.21. The zero-order valence-corrected chi connectivity index (χ0v) is 12.4. The summed E-state index contributed by atoms with van der Waals surface area (Å²) in [5.41, 5.74) is 1.47. The van der Waals surface area contributed by atoms with Crippen molar-refractivity contribution < 1.29 is 0 Å². The van der Waals surface area contributed by atoms with Crippen molar-refractivity contribution in [2.24, 2.45) is 5.92 Å². The number of nitrogens with one attached hydrogen (secondary N) is 1. The van der Waals surface area contributed by atoms with E-state index in [0.717, 1.165) is 5.92 Å². The fourth-order valence-electron chi connectivity index (χ4n) is 3.20. The van der Waals surface area contributed by atoms with Gasteiger partial charge in [0.05, 0.1) is 0 Å². The molecule has 1 aromatic carbocycles. The molecule has 0 saturated carbocycles. The number of piperidine rings is 1. The van der Waals surface area contributed by atoms with E-state index in [9.17, 15) is 0 Å². The van der Waals surface area contributed by atoms with Gasteiger partial charge in [0.2, 0.25) is 0 Å². The van der Waals surface area contributed by atoms with Crippen molar-refractivity contribution in [3.05, 3.63) is 35.9 Å². The Morgan fingerprint density at radius 1 is 1.32 bits per heavy atom. The van der Waals surface area contributed by atoms with Crippen molar-refractivity contribution in [3.8, 4) is 0 Å². The Bertz CT molecular complexity index is 344. The van der Waals surface area contributed by atoms with E-state index in [2.05, 4.69) is 54.5 Å². The van der Waals surface area contributed by atoms with Crippen molar-refractivity contribution in [1.29, 1.82) is 0 Å². The molecule has 2 rings (SSSR count). The monoisotopic (exact) mass is 260 g/mol. The van der Waals surface area contributed by atoms with Gasteiger partial charge in [-0.25, -0.2) is 0 Å². The Kier molecular flexibility index (Phi) is 5.87. The highest BCUT2D eigenvalue weighted by atomic mass is 15.1. The molecule has 0 amide bonds. The zero-order valence-electron chi connectivity index (χ0n) is 12.4. The van der Waals surface area contributed by atoms with E-state index >= 15 is 0 Å². The molecule has 0 radical (unpaired) electrons. The van der Waals surface area contributed by atoms with Gasteiger partial charge in [-0.2, -0.15) is 0 Å². The Balaban J connectivity index is 1.97. The highest BCUT2D eigenvalue weighted by molar-refractivity contribution is 5.18. The summed E-state index contributed by atoms with van der Waals surface area (Å²) < 4.78 is 0. The molecule has 1 aromatic rings. The van der Waals surface area contributed by atoms with Crippen LogP contribution in [0.4, 0.5) is 0 Å². The smallest absolute Gasteiger partial charge is 0.0345 e. The summed E-state index contributed by atoms with van der Waals surface area (Å²) in [6.45, 7) is 5.90. The second kappa shape index (κ2) is 7.66. The number of rotatable bonds is 6. The van der Waals surface area contributed by atoms with E-state index in [4.69, 9.17) is 0 Å². The van der Waals surface area contributed by atoms with Crippen LogP contribution in [0.2, 0.25) is 0 Å². The highest BCUT2D eigenvalue weighted by Gasteiger charge is 2.20. The molecular weight excluding hydrogens is 232 g/mol. The molecule has 0 aliphatic carbocycles. The maximum Gasteiger partial charge on any atom is 0.0345 e. The Morgan fingerprint density at radius 3 is 2.74 bits per heavy atom. The molecule has 2 unspecified atom stereocenters. The fourth-order valence-corrected chi connectivity index (χ4v) is 3.20. The summed E-state index contributed by atoms with van der Waals surface area (Å²) in [5.74, 6) is 0.821. The van der Waals surface area contributed by atoms with Crippen LogP contribution < -0.4 is 5.32 Å². The molecule has 2 atom stereocenters. The second-order valence-electron chi connectivity index (χ2n) is 5.87. The number of hydrogen-bond donors (Lipinski definition) is 1. The fraction of sp³-hybridized carbons (Fsp3) is 0.647. The minimum Gasteiger partial charge on any atom is -0.316 e. The standard InChI is InChI=1S/C17H28N2/c1-3-8-17(16-10-5-4-6-11-16)19(2)14-15-9-7-12-18-13-15/h4-6,10-11,15,17-18H,3,7-9,12-14H2,1-2H3. The molecule has 1 aliphatic rings. The largest absolute Gasteiger partial charge is 0.316 e. The Morgan fingerprint density at radius 2 is 2.11 bits per heavy atom. The third-order valence-electron chi connectivity index (χ3n) is 4.22. The SMILES string of the molecule is CCCC(c1ccccc1)N(C)CC1CCCNC1. The molecule has 0 spiro atoms. The van der Waals surface area contributed by atoms with Crippen molar-refractivity contribution in [2.75, 3.05) is 26.7 Å². The lowest BCUT2D eigenvalue weighted by Gasteiger charge is -2.33. The minimum absolute atomic E-state index is 0.577. The lowest BCUT2D eigenvalue weighted by molar-refractivity contribution is 0.180. The lowest BCUT2D eigenvalue weighted by atomic mass is 9.96. The molecular formula is C17H28N2. The van der Waals surface area contributed by atoms with Crippen LogP contribution in [0, 0.1) is 5.92 Å². The van der Waals surface area contributed by atoms with Gasteiger partial charge in [0, 0.05) is 12.6 Å². The maximum absolute atomic E-state index is 3.52. The number of hydrogen-bond acceptors (Lipinski definition) is 2. The van der Waals surface area contributed by atoms with E-state index in [-0.39, 0.29) is 0 Å². The molecule has 2 heteroatoms. The van der Waals surface area contributed by atoms with Gasteiger partial charge in [0.15, 0.2) is 0 Å². The molecule has 106 valence electrons. The topological polar surface area (TPSA) is 15.3 Å². The first-order valence-electron chi connectivity index (χ1n) is 7.77. The molecule has 0 aromatic heterocycles. The summed E-state index contributed by atoms with van der Waals surface area (Å²) in [6, 6.07) is 11.6. The van der Waals surface area contributed by atoms with Crippen LogP contribution in [0.5, 0.6) is 0 Å². The van der Waals surface area contributed by atoms with Crippen LogP contribution >= 0.6 is 0 Å². The summed E-state index contributed by atoms with van der Waals surface area (Å²) >= 11 is 0. The molecule has 1 N–H and O–H groups in total. The molecule has 2 nitrogen and oxygen atoms in total. The predicted molar refractivity (Wildman–Crippen MR) is 82.3 cm³/mol. The van der Waals surface area contributed by atoms with Gasteiger partial charge in [-0.3, -0.25) is 4.90 Å². The number of nitrogens with zero attached hydrogens (tertiary/aromatic N) is 1.